The van der Waals surface area contributed by atoms with Crippen molar-refractivity contribution < 1.29 is 9.59 Å². The minimum Gasteiger partial charge on any atom is -0.341 e. The third-order valence-corrected chi connectivity index (χ3v) is 4.98. The van der Waals surface area contributed by atoms with Gasteiger partial charge in [-0.1, -0.05) is 56.3 Å². The number of hydrogen-bond donors (Lipinski definition) is 2. The molecule has 0 aliphatic carbocycles. The van der Waals surface area contributed by atoms with Crippen molar-refractivity contribution in [2.75, 3.05) is 5.32 Å². The molecule has 0 spiro atoms. The van der Waals surface area contributed by atoms with Crippen LogP contribution in [0, 0.1) is 5.92 Å². The highest BCUT2D eigenvalue weighted by Gasteiger charge is 2.23. The zero-order valence-corrected chi connectivity index (χ0v) is 18.0. The predicted octanol–water partition coefficient (Wildman–Crippen LogP) is 4.24. The van der Waals surface area contributed by atoms with Gasteiger partial charge >= 0.3 is 0 Å². The smallest absolute Gasteiger partial charge is 0.251 e. The first-order chi connectivity index (χ1) is 15.5. The molecule has 0 saturated carbocycles. The summed E-state index contributed by atoms with van der Waals surface area (Å²) in [6, 6.07) is 17.8. The molecule has 162 valence electrons. The van der Waals surface area contributed by atoms with Crippen LogP contribution in [-0.2, 0) is 9.59 Å². The van der Waals surface area contributed by atoms with Gasteiger partial charge in [0.1, 0.15) is 6.04 Å². The summed E-state index contributed by atoms with van der Waals surface area (Å²) >= 11 is 0. The van der Waals surface area contributed by atoms with Crippen LogP contribution in [0.15, 0.2) is 79.3 Å². The van der Waals surface area contributed by atoms with E-state index in [1.54, 1.807) is 6.20 Å². The number of imidazole rings is 1. The van der Waals surface area contributed by atoms with Gasteiger partial charge in [-0.3, -0.25) is 14.0 Å². The van der Waals surface area contributed by atoms with Gasteiger partial charge in [0.15, 0.2) is 0 Å². The molecule has 1 unspecified atom stereocenters. The van der Waals surface area contributed by atoms with E-state index in [0.29, 0.717) is 17.9 Å². The molecule has 0 radical (unpaired) electrons. The zero-order chi connectivity index (χ0) is 22.5. The third-order valence-electron chi connectivity index (χ3n) is 4.98. The molecule has 2 aromatic heterocycles. The van der Waals surface area contributed by atoms with Crippen LogP contribution >= 0.6 is 0 Å². The second-order valence-electron chi connectivity index (χ2n) is 8.03. The molecule has 2 N–H and O–H groups in total. The Labute approximate surface area is 186 Å². The molecule has 0 fully saturated rings. The first-order valence-corrected chi connectivity index (χ1v) is 10.5. The van der Waals surface area contributed by atoms with E-state index in [-0.39, 0.29) is 17.7 Å². The summed E-state index contributed by atoms with van der Waals surface area (Å²) in [5.74, 6) is 0.386. The molecule has 32 heavy (non-hydrogen) atoms. The van der Waals surface area contributed by atoms with Crippen LogP contribution in [0.3, 0.4) is 0 Å². The van der Waals surface area contributed by atoms with E-state index in [4.69, 9.17) is 0 Å². The van der Waals surface area contributed by atoms with Gasteiger partial charge in [-0.15, -0.1) is 0 Å². The molecule has 7 nitrogen and oxygen atoms in total. The third kappa shape index (κ3) is 5.00. The highest BCUT2D eigenvalue weighted by Crippen LogP contribution is 2.22. The van der Waals surface area contributed by atoms with Crippen LogP contribution in [0.2, 0.25) is 0 Å². The molecule has 2 amide bonds. The number of carbonyl (C=O) groups is 2. The Hall–Kier alpha value is -4.00. The topological polar surface area (TPSA) is 88.4 Å². The fourth-order valence-electron chi connectivity index (χ4n) is 3.44. The molecule has 0 aliphatic rings. The van der Waals surface area contributed by atoms with Gasteiger partial charge in [-0.05, 0) is 29.7 Å². The lowest BCUT2D eigenvalue weighted by Crippen LogP contribution is -2.37. The molecule has 4 aromatic rings. The van der Waals surface area contributed by atoms with Crippen molar-refractivity contribution >= 4 is 23.3 Å². The van der Waals surface area contributed by atoms with E-state index >= 15 is 0 Å². The van der Waals surface area contributed by atoms with Crippen molar-refractivity contribution in [2.45, 2.75) is 26.3 Å². The lowest BCUT2D eigenvalue weighted by Gasteiger charge is -2.19. The van der Waals surface area contributed by atoms with Crippen molar-refractivity contribution in [1.82, 2.24) is 19.7 Å². The number of rotatable bonds is 7. The predicted molar refractivity (Wildman–Crippen MR) is 124 cm³/mol. The van der Waals surface area contributed by atoms with Crippen molar-refractivity contribution in [3.63, 3.8) is 0 Å². The van der Waals surface area contributed by atoms with Gasteiger partial charge in [-0.2, -0.15) is 0 Å². The minimum atomic E-state index is -0.772. The standard InChI is InChI=1S/C25H25N5O2/c1-17(2)15-22(31)29-23(19-7-4-3-5-8-19)24(32)27-20-11-9-18(10-12-20)21-16-30-14-6-13-26-25(30)28-21/h3-14,16-17,23H,15H2,1-2H3,(H,27,32)(H,29,31). The number of anilines is 1. The molecule has 2 heterocycles. The van der Waals surface area contributed by atoms with Crippen LogP contribution in [-0.4, -0.2) is 26.2 Å². The van der Waals surface area contributed by atoms with Crippen LogP contribution in [0.5, 0.6) is 0 Å². The number of fused-ring (bicyclic) bond motifs is 1. The van der Waals surface area contributed by atoms with Crippen molar-refractivity contribution in [3.8, 4) is 11.3 Å². The SMILES string of the molecule is CC(C)CC(=O)NC(C(=O)Nc1ccc(-c2cn3cccnc3n2)cc1)c1ccccc1. The Morgan fingerprint density at radius 3 is 2.44 bits per heavy atom. The number of carbonyl (C=O) groups excluding carboxylic acids is 2. The molecule has 2 aromatic carbocycles. The Morgan fingerprint density at radius 2 is 1.75 bits per heavy atom. The Morgan fingerprint density at radius 1 is 1.00 bits per heavy atom. The zero-order valence-electron chi connectivity index (χ0n) is 18.0. The number of benzene rings is 2. The van der Waals surface area contributed by atoms with Crippen LogP contribution in [0.25, 0.3) is 17.0 Å². The Bertz CT molecular complexity index is 1180. The minimum absolute atomic E-state index is 0.153. The molecule has 1 atom stereocenters. The van der Waals surface area contributed by atoms with Gasteiger partial charge < -0.3 is 10.6 Å². The molecule has 7 heteroatoms. The average molecular weight is 428 g/mol. The molecule has 4 rings (SSSR count). The molecule has 0 saturated heterocycles. The summed E-state index contributed by atoms with van der Waals surface area (Å²) in [5.41, 5.74) is 3.08. The Balaban J connectivity index is 1.50. The van der Waals surface area contributed by atoms with Crippen molar-refractivity contribution in [1.29, 1.82) is 0 Å². The van der Waals surface area contributed by atoms with Gasteiger partial charge in [-0.25, -0.2) is 9.97 Å². The monoisotopic (exact) mass is 427 g/mol. The van der Waals surface area contributed by atoms with Crippen LogP contribution in [0.4, 0.5) is 5.69 Å². The second kappa shape index (κ2) is 9.43. The maximum absolute atomic E-state index is 13.1. The highest BCUT2D eigenvalue weighted by atomic mass is 16.2. The normalized spacial score (nSPS) is 12.0. The maximum Gasteiger partial charge on any atom is 0.251 e. The quantitative estimate of drug-likeness (QED) is 0.462. The van der Waals surface area contributed by atoms with E-state index in [2.05, 4.69) is 20.6 Å². The summed E-state index contributed by atoms with van der Waals surface area (Å²) < 4.78 is 1.86. The van der Waals surface area contributed by atoms with E-state index in [9.17, 15) is 9.59 Å². The number of hydrogen-bond acceptors (Lipinski definition) is 4. The van der Waals surface area contributed by atoms with Crippen molar-refractivity contribution in [3.05, 3.63) is 84.8 Å². The fraction of sp³-hybridized carbons (Fsp3) is 0.200. The van der Waals surface area contributed by atoms with E-state index in [1.807, 2.05) is 91.3 Å². The fourth-order valence-corrected chi connectivity index (χ4v) is 3.44. The molecule has 0 aliphatic heterocycles. The largest absolute Gasteiger partial charge is 0.341 e. The summed E-state index contributed by atoms with van der Waals surface area (Å²) in [6.07, 6.45) is 5.86. The van der Waals surface area contributed by atoms with Gasteiger partial charge in [0.2, 0.25) is 11.7 Å². The lowest BCUT2D eigenvalue weighted by atomic mass is 10.0. The van der Waals surface area contributed by atoms with E-state index in [0.717, 1.165) is 16.8 Å². The summed E-state index contributed by atoms with van der Waals surface area (Å²) in [7, 11) is 0. The molecular formula is C25H25N5O2. The number of aromatic nitrogens is 3. The highest BCUT2D eigenvalue weighted by molar-refractivity contribution is 5.98. The average Bonchev–Trinajstić information content (AvgIpc) is 3.22. The lowest BCUT2D eigenvalue weighted by molar-refractivity contribution is -0.127. The number of amides is 2. The van der Waals surface area contributed by atoms with Crippen LogP contribution < -0.4 is 10.6 Å². The van der Waals surface area contributed by atoms with Gasteiger partial charge in [0, 0.05) is 36.3 Å². The van der Waals surface area contributed by atoms with E-state index in [1.165, 1.54) is 0 Å². The molecular weight excluding hydrogens is 402 g/mol. The number of nitrogens with one attached hydrogen (secondary N) is 2. The number of nitrogens with zero attached hydrogens (tertiary/aromatic N) is 3. The second-order valence-corrected chi connectivity index (χ2v) is 8.03. The first-order valence-electron chi connectivity index (χ1n) is 10.5. The van der Waals surface area contributed by atoms with Crippen LogP contribution in [0.1, 0.15) is 31.9 Å². The van der Waals surface area contributed by atoms with Gasteiger partial charge in [0.05, 0.1) is 5.69 Å². The Kier molecular flexibility index (Phi) is 6.26. The summed E-state index contributed by atoms with van der Waals surface area (Å²) in [5, 5.41) is 5.78. The van der Waals surface area contributed by atoms with E-state index < -0.39 is 6.04 Å². The maximum atomic E-state index is 13.1. The summed E-state index contributed by atoms with van der Waals surface area (Å²) in [6.45, 7) is 3.94. The van der Waals surface area contributed by atoms with Crippen molar-refractivity contribution in [2.24, 2.45) is 5.92 Å². The molecule has 0 bridgehead atoms. The van der Waals surface area contributed by atoms with Gasteiger partial charge in [0.25, 0.3) is 5.91 Å². The summed E-state index contributed by atoms with van der Waals surface area (Å²) in [4.78, 5) is 34.2. The first kappa shape index (κ1) is 21.2.